The number of ether oxygens (including phenoxy) is 2. The van der Waals surface area contributed by atoms with Gasteiger partial charge in [0.25, 0.3) is 0 Å². The summed E-state index contributed by atoms with van der Waals surface area (Å²) in [6.07, 6.45) is 1.69. The summed E-state index contributed by atoms with van der Waals surface area (Å²) in [6, 6.07) is 15.3. The predicted molar refractivity (Wildman–Crippen MR) is 128 cm³/mol. The number of amides is 2. The van der Waals surface area contributed by atoms with Gasteiger partial charge in [0.15, 0.2) is 0 Å². The number of carbonyl (C=O) groups excluding carboxylic acids is 2. The fraction of sp³-hybridized carbons (Fsp3) is 0.423. The van der Waals surface area contributed by atoms with Crippen LogP contribution in [-0.4, -0.2) is 49.1 Å². The van der Waals surface area contributed by atoms with Crippen molar-refractivity contribution < 1.29 is 29.0 Å². The number of benzene rings is 2. The first kappa shape index (κ1) is 25.1. The molecule has 1 aliphatic rings. The minimum atomic E-state index is -1.11. The normalized spacial score (nSPS) is 12.9. The molecule has 0 aromatic heterocycles. The Bertz CT molecular complexity index is 947. The average Bonchev–Trinajstić information content (AvgIpc) is 3.15. The molecule has 3 N–H and O–H groups in total. The van der Waals surface area contributed by atoms with Crippen LogP contribution in [0, 0.1) is 0 Å². The standard InChI is InChI=1S/C26H32N2O6/c1-2-3-16-33-26(32)28-23(24(29)30)14-8-9-15-27-25(31)34-17-22-20-12-6-4-10-18(20)19-11-5-7-13-21(19)22/h4-7,10-13,22-23H,2-3,8-9,14-17H2,1H3,(H,27,31)(H,28,32)(H,29,30)/t23-/m0/s1. The molecule has 2 aromatic rings. The van der Waals surface area contributed by atoms with E-state index in [4.69, 9.17) is 9.47 Å². The number of hydrogen-bond acceptors (Lipinski definition) is 5. The summed E-state index contributed by atoms with van der Waals surface area (Å²) in [5, 5.41) is 14.4. The maximum atomic E-state index is 12.2. The fourth-order valence-electron chi connectivity index (χ4n) is 4.06. The quantitative estimate of drug-likeness (QED) is 0.390. The van der Waals surface area contributed by atoms with E-state index in [1.807, 2.05) is 31.2 Å². The maximum absolute atomic E-state index is 12.2. The van der Waals surface area contributed by atoms with Gasteiger partial charge in [-0.2, -0.15) is 0 Å². The van der Waals surface area contributed by atoms with Gasteiger partial charge < -0.3 is 25.2 Å². The monoisotopic (exact) mass is 468 g/mol. The van der Waals surface area contributed by atoms with Crippen LogP contribution in [0.3, 0.4) is 0 Å². The Morgan fingerprint density at radius 3 is 2.18 bits per heavy atom. The van der Waals surface area contributed by atoms with Gasteiger partial charge in [0.05, 0.1) is 6.61 Å². The minimum absolute atomic E-state index is 0.00219. The van der Waals surface area contributed by atoms with Crippen molar-refractivity contribution >= 4 is 18.2 Å². The van der Waals surface area contributed by atoms with Crippen molar-refractivity contribution in [1.82, 2.24) is 10.6 Å². The first-order chi connectivity index (χ1) is 16.5. The lowest BCUT2D eigenvalue weighted by atomic mass is 9.98. The van der Waals surface area contributed by atoms with Gasteiger partial charge in [-0.25, -0.2) is 14.4 Å². The Morgan fingerprint density at radius 2 is 1.56 bits per heavy atom. The minimum Gasteiger partial charge on any atom is -0.480 e. The second kappa shape index (κ2) is 12.6. The number of carbonyl (C=O) groups is 3. The molecule has 0 unspecified atom stereocenters. The second-order valence-electron chi connectivity index (χ2n) is 8.27. The van der Waals surface area contributed by atoms with Gasteiger partial charge in [-0.3, -0.25) is 0 Å². The smallest absolute Gasteiger partial charge is 0.407 e. The summed E-state index contributed by atoms with van der Waals surface area (Å²) < 4.78 is 10.4. The van der Waals surface area contributed by atoms with Crippen LogP contribution in [0.1, 0.15) is 56.1 Å². The zero-order chi connectivity index (χ0) is 24.3. The Kier molecular flexibility index (Phi) is 9.31. The fourth-order valence-corrected chi connectivity index (χ4v) is 4.06. The van der Waals surface area contributed by atoms with Gasteiger partial charge in [0.1, 0.15) is 12.6 Å². The van der Waals surface area contributed by atoms with E-state index in [0.717, 1.165) is 24.0 Å². The molecule has 34 heavy (non-hydrogen) atoms. The Morgan fingerprint density at radius 1 is 0.912 bits per heavy atom. The number of alkyl carbamates (subject to hydrolysis) is 2. The molecule has 0 spiro atoms. The van der Waals surface area contributed by atoms with E-state index in [2.05, 4.69) is 34.9 Å². The predicted octanol–water partition coefficient (Wildman–Crippen LogP) is 4.67. The molecule has 0 saturated carbocycles. The van der Waals surface area contributed by atoms with Crippen LogP contribution in [0.15, 0.2) is 48.5 Å². The SMILES string of the molecule is CCCCOC(=O)N[C@@H](CCCCNC(=O)OCC1c2ccccc2-c2ccccc21)C(=O)O. The topological polar surface area (TPSA) is 114 Å². The van der Waals surface area contributed by atoms with E-state index in [9.17, 15) is 19.5 Å². The van der Waals surface area contributed by atoms with Crippen molar-refractivity contribution in [3.63, 3.8) is 0 Å². The molecule has 8 nitrogen and oxygen atoms in total. The zero-order valence-corrected chi connectivity index (χ0v) is 19.4. The molecule has 0 fully saturated rings. The first-order valence-electron chi connectivity index (χ1n) is 11.8. The third kappa shape index (κ3) is 6.73. The Hall–Kier alpha value is -3.55. The third-order valence-electron chi connectivity index (χ3n) is 5.85. The molecule has 2 amide bonds. The number of unbranched alkanes of at least 4 members (excludes halogenated alkanes) is 2. The van der Waals surface area contributed by atoms with Gasteiger partial charge in [0.2, 0.25) is 0 Å². The Labute approximate surface area is 199 Å². The Balaban J connectivity index is 1.37. The molecule has 1 aliphatic carbocycles. The van der Waals surface area contributed by atoms with Crippen molar-refractivity contribution in [1.29, 1.82) is 0 Å². The van der Waals surface area contributed by atoms with E-state index in [-0.39, 0.29) is 25.6 Å². The van der Waals surface area contributed by atoms with Crippen molar-refractivity contribution in [2.45, 2.75) is 51.0 Å². The highest BCUT2D eigenvalue weighted by Crippen LogP contribution is 2.44. The zero-order valence-electron chi connectivity index (χ0n) is 19.4. The number of aliphatic carboxylic acids is 1. The molecule has 182 valence electrons. The van der Waals surface area contributed by atoms with Crippen molar-refractivity contribution in [2.24, 2.45) is 0 Å². The van der Waals surface area contributed by atoms with Crippen LogP contribution in [0.4, 0.5) is 9.59 Å². The summed E-state index contributed by atoms with van der Waals surface area (Å²) >= 11 is 0. The first-order valence-corrected chi connectivity index (χ1v) is 11.8. The summed E-state index contributed by atoms with van der Waals surface area (Å²) in [7, 11) is 0. The number of hydrogen-bond donors (Lipinski definition) is 3. The highest BCUT2D eigenvalue weighted by molar-refractivity contribution is 5.80. The number of carboxylic acids is 1. The molecule has 0 heterocycles. The summed E-state index contributed by atoms with van der Waals surface area (Å²) in [4.78, 5) is 35.2. The number of rotatable bonds is 12. The second-order valence-corrected chi connectivity index (χ2v) is 8.27. The highest BCUT2D eigenvalue weighted by Gasteiger charge is 2.29. The van der Waals surface area contributed by atoms with E-state index in [0.29, 0.717) is 19.4 Å². The summed E-state index contributed by atoms with van der Waals surface area (Å²) in [5.41, 5.74) is 4.64. The van der Waals surface area contributed by atoms with E-state index in [1.165, 1.54) is 11.1 Å². The van der Waals surface area contributed by atoms with Gasteiger partial charge in [-0.05, 0) is 47.9 Å². The summed E-state index contributed by atoms with van der Waals surface area (Å²) in [5.74, 6) is -1.12. The van der Waals surface area contributed by atoms with Gasteiger partial charge in [-0.15, -0.1) is 0 Å². The number of fused-ring (bicyclic) bond motifs is 3. The van der Waals surface area contributed by atoms with Gasteiger partial charge >= 0.3 is 18.2 Å². The lowest BCUT2D eigenvalue weighted by Gasteiger charge is -2.15. The van der Waals surface area contributed by atoms with Crippen LogP contribution in [0.25, 0.3) is 11.1 Å². The molecule has 0 radical (unpaired) electrons. The molecule has 0 aliphatic heterocycles. The van der Waals surface area contributed by atoms with Crippen molar-refractivity contribution in [3.8, 4) is 11.1 Å². The third-order valence-corrected chi connectivity index (χ3v) is 5.85. The molecule has 0 bridgehead atoms. The molecular formula is C26H32N2O6. The van der Waals surface area contributed by atoms with Crippen LogP contribution in [0.2, 0.25) is 0 Å². The number of carboxylic acid groups (broad SMARTS) is 1. The van der Waals surface area contributed by atoms with Crippen molar-refractivity contribution in [2.75, 3.05) is 19.8 Å². The lowest BCUT2D eigenvalue weighted by molar-refractivity contribution is -0.139. The average molecular weight is 469 g/mol. The van der Waals surface area contributed by atoms with Crippen LogP contribution >= 0.6 is 0 Å². The summed E-state index contributed by atoms with van der Waals surface area (Å²) in [6.45, 7) is 2.83. The van der Waals surface area contributed by atoms with E-state index >= 15 is 0 Å². The molecule has 3 rings (SSSR count). The van der Waals surface area contributed by atoms with Crippen LogP contribution < -0.4 is 10.6 Å². The van der Waals surface area contributed by atoms with E-state index in [1.54, 1.807) is 0 Å². The maximum Gasteiger partial charge on any atom is 0.407 e. The molecule has 1 atom stereocenters. The molecule has 2 aromatic carbocycles. The lowest BCUT2D eigenvalue weighted by Crippen LogP contribution is -2.41. The van der Waals surface area contributed by atoms with E-state index < -0.39 is 24.2 Å². The molecule has 0 saturated heterocycles. The largest absolute Gasteiger partial charge is 0.480 e. The van der Waals surface area contributed by atoms with Crippen LogP contribution in [-0.2, 0) is 14.3 Å². The molecule has 8 heteroatoms. The number of nitrogens with one attached hydrogen (secondary N) is 2. The highest BCUT2D eigenvalue weighted by atomic mass is 16.6. The van der Waals surface area contributed by atoms with Gasteiger partial charge in [-0.1, -0.05) is 61.9 Å². The van der Waals surface area contributed by atoms with Gasteiger partial charge in [0, 0.05) is 12.5 Å². The molecular weight excluding hydrogens is 436 g/mol. The van der Waals surface area contributed by atoms with Crippen molar-refractivity contribution in [3.05, 3.63) is 59.7 Å². The van der Waals surface area contributed by atoms with Crippen LogP contribution in [0.5, 0.6) is 0 Å².